The van der Waals surface area contributed by atoms with Gasteiger partial charge in [-0.3, -0.25) is 9.79 Å². The molecule has 1 heterocycles. The molecule has 6 nitrogen and oxygen atoms in total. The molecule has 1 saturated heterocycles. The molecule has 0 spiro atoms. The van der Waals surface area contributed by atoms with Crippen LogP contribution in [-0.4, -0.2) is 62.2 Å². The van der Waals surface area contributed by atoms with E-state index in [1.54, 1.807) is 0 Å². The Labute approximate surface area is 165 Å². The predicted octanol–water partition coefficient (Wildman–Crippen LogP) is 3.07. The number of guanidine groups is 1. The van der Waals surface area contributed by atoms with E-state index in [9.17, 15) is 4.79 Å². The predicted molar refractivity (Wildman–Crippen MR) is 111 cm³/mol. The van der Waals surface area contributed by atoms with Gasteiger partial charge in [0, 0.05) is 45.8 Å². The van der Waals surface area contributed by atoms with Gasteiger partial charge in [-0.05, 0) is 45.4 Å². The van der Waals surface area contributed by atoms with Crippen LogP contribution in [0.15, 0.2) is 4.99 Å². The first-order valence-electron chi connectivity index (χ1n) is 11.2. The van der Waals surface area contributed by atoms with Gasteiger partial charge in [0.05, 0.1) is 6.10 Å². The lowest BCUT2D eigenvalue weighted by Crippen LogP contribution is -2.38. The Morgan fingerprint density at radius 2 is 1.93 bits per heavy atom. The van der Waals surface area contributed by atoms with Crippen molar-refractivity contribution < 1.29 is 9.53 Å². The van der Waals surface area contributed by atoms with Crippen LogP contribution in [0.25, 0.3) is 0 Å². The second-order valence-electron chi connectivity index (χ2n) is 7.72. The van der Waals surface area contributed by atoms with Crippen LogP contribution < -0.4 is 10.6 Å². The lowest BCUT2D eigenvalue weighted by atomic mass is 10.1. The summed E-state index contributed by atoms with van der Waals surface area (Å²) in [5.41, 5.74) is 0. The van der Waals surface area contributed by atoms with Gasteiger partial charge in [0.25, 0.3) is 0 Å². The summed E-state index contributed by atoms with van der Waals surface area (Å²) in [6, 6.07) is 0. The average Bonchev–Trinajstić information content (AvgIpc) is 2.91. The second kappa shape index (κ2) is 13.8. The summed E-state index contributed by atoms with van der Waals surface area (Å²) in [6.45, 7) is 7.25. The number of amides is 1. The van der Waals surface area contributed by atoms with Gasteiger partial charge in [-0.1, -0.05) is 25.7 Å². The van der Waals surface area contributed by atoms with Crippen molar-refractivity contribution >= 4 is 11.9 Å². The molecular weight excluding hydrogens is 340 g/mol. The van der Waals surface area contributed by atoms with Crippen molar-refractivity contribution in [1.82, 2.24) is 15.5 Å². The molecule has 1 aliphatic carbocycles. The molecule has 2 fully saturated rings. The quantitative estimate of drug-likeness (QED) is 0.250. The molecule has 2 aliphatic rings. The molecule has 27 heavy (non-hydrogen) atoms. The maximum Gasteiger partial charge on any atom is 0.222 e. The Hall–Kier alpha value is -1.30. The molecule has 0 radical (unpaired) electrons. The number of hydrogen-bond donors (Lipinski definition) is 2. The molecule has 0 aromatic heterocycles. The van der Waals surface area contributed by atoms with E-state index in [0.717, 1.165) is 77.4 Å². The molecule has 2 N–H and O–H groups in total. The standard InChI is InChI=1S/C21H40N4O2/c1-2-22-21(24-15-10-17-25-16-9-13-20(25)26)23-14-7-8-18-27-19-11-5-3-4-6-12-19/h19H,2-18H2,1H3,(H2,22,23,24). The van der Waals surface area contributed by atoms with E-state index in [0.29, 0.717) is 12.0 Å². The zero-order valence-corrected chi connectivity index (χ0v) is 17.3. The Balaban J connectivity index is 1.51. The van der Waals surface area contributed by atoms with Crippen molar-refractivity contribution in [2.24, 2.45) is 4.99 Å². The highest BCUT2D eigenvalue weighted by molar-refractivity contribution is 5.79. The molecule has 0 atom stereocenters. The summed E-state index contributed by atoms with van der Waals surface area (Å²) in [5.74, 6) is 1.19. The van der Waals surface area contributed by atoms with Crippen LogP contribution in [0.4, 0.5) is 0 Å². The van der Waals surface area contributed by atoms with E-state index in [4.69, 9.17) is 4.74 Å². The Morgan fingerprint density at radius 3 is 2.63 bits per heavy atom. The molecule has 1 saturated carbocycles. The monoisotopic (exact) mass is 380 g/mol. The minimum absolute atomic E-state index is 0.301. The van der Waals surface area contributed by atoms with Crippen molar-refractivity contribution in [3.8, 4) is 0 Å². The summed E-state index contributed by atoms with van der Waals surface area (Å²) in [5, 5.41) is 6.71. The molecule has 0 aromatic carbocycles. The van der Waals surface area contributed by atoms with Gasteiger partial charge in [0.2, 0.25) is 5.91 Å². The summed E-state index contributed by atoms with van der Waals surface area (Å²) >= 11 is 0. The number of ether oxygens (including phenoxy) is 1. The lowest BCUT2D eigenvalue weighted by Gasteiger charge is -2.16. The maximum atomic E-state index is 11.6. The number of aliphatic imine (C=N–C) groups is 1. The van der Waals surface area contributed by atoms with Crippen molar-refractivity contribution in [2.45, 2.75) is 83.7 Å². The van der Waals surface area contributed by atoms with Crippen molar-refractivity contribution in [1.29, 1.82) is 0 Å². The first-order chi connectivity index (χ1) is 13.3. The summed E-state index contributed by atoms with van der Waals surface area (Å²) in [4.78, 5) is 18.2. The zero-order chi connectivity index (χ0) is 19.2. The molecule has 6 heteroatoms. The molecule has 1 amide bonds. The van der Waals surface area contributed by atoms with Gasteiger partial charge in [0.1, 0.15) is 0 Å². The first kappa shape index (κ1) is 22.0. The van der Waals surface area contributed by atoms with Crippen LogP contribution in [0.3, 0.4) is 0 Å². The van der Waals surface area contributed by atoms with Gasteiger partial charge in [-0.25, -0.2) is 0 Å². The summed E-state index contributed by atoms with van der Waals surface area (Å²) in [6.07, 6.45) is 13.3. The fourth-order valence-electron chi connectivity index (χ4n) is 3.83. The van der Waals surface area contributed by atoms with Crippen LogP contribution in [0, 0.1) is 0 Å². The van der Waals surface area contributed by atoms with Gasteiger partial charge in [-0.15, -0.1) is 0 Å². The number of carbonyl (C=O) groups is 1. The van der Waals surface area contributed by atoms with Crippen LogP contribution in [0.1, 0.15) is 77.6 Å². The molecule has 156 valence electrons. The number of likely N-dealkylation sites (tertiary alicyclic amines) is 1. The van der Waals surface area contributed by atoms with E-state index in [2.05, 4.69) is 22.5 Å². The molecule has 0 aromatic rings. The van der Waals surface area contributed by atoms with Crippen LogP contribution in [-0.2, 0) is 9.53 Å². The largest absolute Gasteiger partial charge is 0.378 e. The number of carbonyl (C=O) groups excluding carboxylic acids is 1. The van der Waals surface area contributed by atoms with Gasteiger partial charge >= 0.3 is 0 Å². The number of nitrogens with one attached hydrogen (secondary N) is 2. The summed E-state index contributed by atoms with van der Waals surface area (Å²) in [7, 11) is 0. The van der Waals surface area contributed by atoms with Gasteiger partial charge < -0.3 is 20.3 Å². The molecule has 0 bridgehead atoms. The molecule has 2 rings (SSSR count). The third-order valence-corrected chi connectivity index (χ3v) is 5.39. The fraction of sp³-hybridized carbons (Fsp3) is 0.905. The van der Waals surface area contributed by atoms with E-state index < -0.39 is 0 Å². The summed E-state index contributed by atoms with van der Waals surface area (Å²) < 4.78 is 6.05. The number of nitrogens with zero attached hydrogens (tertiary/aromatic N) is 2. The van der Waals surface area contributed by atoms with Crippen molar-refractivity contribution in [3.05, 3.63) is 0 Å². The smallest absolute Gasteiger partial charge is 0.222 e. The molecular formula is C21H40N4O2. The van der Waals surface area contributed by atoms with Gasteiger partial charge in [-0.2, -0.15) is 0 Å². The highest BCUT2D eigenvalue weighted by atomic mass is 16.5. The number of hydrogen-bond acceptors (Lipinski definition) is 3. The van der Waals surface area contributed by atoms with E-state index in [1.165, 1.54) is 38.5 Å². The van der Waals surface area contributed by atoms with Crippen LogP contribution in [0.5, 0.6) is 0 Å². The topological polar surface area (TPSA) is 66.0 Å². The normalized spacial score (nSPS) is 19.4. The highest BCUT2D eigenvalue weighted by Gasteiger charge is 2.18. The number of rotatable bonds is 11. The Bertz CT molecular complexity index is 434. The highest BCUT2D eigenvalue weighted by Crippen LogP contribution is 2.19. The first-order valence-corrected chi connectivity index (χ1v) is 11.2. The van der Waals surface area contributed by atoms with Crippen LogP contribution in [0.2, 0.25) is 0 Å². The van der Waals surface area contributed by atoms with Crippen molar-refractivity contribution in [2.75, 3.05) is 39.3 Å². The molecule has 0 unspecified atom stereocenters. The number of unbranched alkanes of at least 4 members (excludes halogenated alkanes) is 1. The average molecular weight is 381 g/mol. The minimum atomic E-state index is 0.301. The Kier molecular flexibility index (Phi) is 11.2. The third-order valence-electron chi connectivity index (χ3n) is 5.39. The lowest BCUT2D eigenvalue weighted by molar-refractivity contribution is -0.127. The zero-order valence-electron chi connectivity index (χ0n) is 17.3. The van der Waals surface area contributed by atoms with Crippen LogP contribution >= 0.6 is 0 Å². The second-order valence-corrected chi connectivity index (χ2v) is 7.72. The van der Waals surface area contributed by atoms with E-state index in [-0.39, 0.29) is 0 Å². The fourth-order valence-corrected chi connectivity index (χ4v) is 3.83. The minimum Gasteiger partial charge on any atom is -0.378 e. The van der Waals surface area contributed by atoms with Crippen molar-refractivity contribution in [3.63, 3.8) is 0 Å². The Morgan fingerprint density at radius 1 is 1.11 bits per heavy atom. The third kappa shape index (κ3) is 9.45. The van der Waals surface area contributed by atoms with Gasteiger partial charge in [0.15, 0.2) is 5.96 Å². The SMILES string of the molecule is CCNC(=NCCCN1CCCC1=O)NCCCCOC1CCCCCC1. The molecule has 1 aliphatic heterocycles. The van der Waals surface area contributed by atoms with E-state index in [1.807, 2.05) is 4.90 Å². The maximum absolute atomic E-state index is 11.6. The van der Waals surface area contributed by atoms with E-state index >= 15 is 0 Å².